The highest BCUT2D eigenvalue weighted by molar-refractivity contribution is 7.90. The predicted molar refractivity (Wildman–Crippen MR) is 177 cm³/mol. The van der Waals surface area contributed by atoms with Crippen LogP contribution >= 0.6 is 11.3 Å². The van der Waals surface area contributed by atoms with Gasteiger partial charge in [-0.1, -0.05) is 84.4 Å². The van der Waals surface area contributed by atoms with Crippen LogP contribution in [0.5, 0.6) is 0 Å². The minimum Gasteiger partial charge on any atom is -0.481 e. The average Bonchev–Trinajstić information content (AvgIpc) is 3.64. The highest BCUT2D eigenvalue weighted by Crippen LogP contribution is 2.48. The lowest BCUT2D eigenvalue weighted by Crippen LogP contribution is -2.28. The number of carbonyl (C=O) groups is 1. The van der Waals surface area contributed by atoms with E-state index in [0.717, 1.165) is 22.1 Å². The third-order valence-electron chi connectivity index (χ3n) is 8.00. The molecule has 6 nitrogen and oxygen atoms in total. The number of benzene rings is 4. The molecule has 0 bridgehead atoms. The van der Waals surface area contributed by atoms with Gasteiger partial charge in [-0.3, -0.25) is 4.79 Å². The quantitative estimate of drug-likeness (QED) is 0.181. The van der Waals surface area contributed by atoms with E-state index >= 15 is 0 Å². The maximum absolute atomic E-state index is 14.5. The Morgan fingerprint density at radius 3 is 2.23 bits per heavy atom. The second kappa shape index (κ2) is 10.9. The summed E-state index contributed by atoms with van der Waals surface area (Å²) in [7, 11) is -4.09. The summed E-state index contributed by atoms with van der Waals surface area (Å²) in [5, 5.41) is 12.9. The summed E-state index contributed by atoms with van der Waals surface area (Å²) >= 11 is 1.32. The third-order valence-corrected chi connectivity index (χ3v) is 10.5. The Kier molecular flexibility index (Phi) is 7.24. The number of rotatable bonds is 7. The zero-order valence-corrected chi connectivity index (χ0v) is 25.9. The van der Waals surface area contributed by atoms with Crippen molar-refractivity contribution in [2.24, 2.45) is 0 Å². The Balaban J connectivity index is 1.67. The number of hydrogen-bond acceptors (Lipinski definition) is 4. The van der Waals surface area contributed by atoms with Crippen molar-refractivity contribution in [1.82, 2.24) is 3.97 Å². The zero-order chi connectivity index (χ0) is 31.2. The van der Waals surface area contributed by atoms with E-state index in [0.29, 0.717) is 38.5 Å². The number of carboxylic acids is 1. The largest absolute Gasteiger partial charge is 0.481 e. The van der Waals surface area contributed by atoms with Gasteiger partial charge in [0.15, 0.2) is 0 Å². The van der Waals surface area contributed by atoms with E-state index in [1.165, 1.54) is 15.3 Å². The maximum Gasteiger partial charge on any atom is 0.313 e. The molecule has 44 heavy (non-hydrogen) atoms. The second-order valence-corrected chi connectivity index (χ2v) is 13.8. The Morgan fingerprint density at radius 1 is 0.864 bits per heavy atom. The number of thiophene rings is 1. The Bertz CT molecular complexity index is 2220. The summed E-state index contributed by atoms with van der Waals surface area (Å²) in [6, 6.07) is 31.0. The van der Waals surface area contributed by atoms with Crippen molar-refractivity contribution >= 4 is 43.2 Å². The van der Waals surface area contributed by atoms with E-state index < -0.39 is 21.4 Å². The number of nitrogens with zero attached hydrogens (tertiary/aromatic N) is 2. The van der Waals surface area contributed by atoms with Crippen LogP contribution in [0, 0.1) is 13.5 Å². The molecule has 2 heterocycles. The normalized spacial score (nSPS) is 11.9. The molecule has 0 aliphatic heterocycles. The van der Waals surface area contributed by atoms with E-state index in [9.17, 15) is 18.3 Å². The van der Waals surface area contributed by atoms with E-state index in [4.69, 9.17) is 6.57 Å². The summed E-state index contributed by atoms with van der Waals surface area (Å²) in [4.78, 5) is 15.9. The minimum absolute atomic E-state index is 0.159. The number of aromatic nitrogens is 1. The second-order valence-electron chi connectivity index (χ2n) is 11.2. The van der Waals surface area contributed by atoms with Gasteiger partial charge in [0.2, 0.25) is 5.00 Å². The van der Waals surface area contributed by atoms with Gasteiger partial charge < -0.3 is 5.11 Å². The molecule has 6 aromatic rings. The number of aryl methyl sites for hydroxylation is 1. The molecule has 0 atom stereocenters. The highest BCUT2D eigenvalue weighted by atomic mass is 32.2. The van der Waals surface area contributed by atoms with Gasteiger partial charge in [-0.2, -0.15) is 11.3 Å². The SMILES string of the molecule is [C-]#[N+]c1sccc1-c1c(-c2cccc(-c3cccc(C(C)(C)C(=O)O)c3)c2)n(S(=O)(=O)c2ccc(C)cc2)c2ccccc12. The van der Waals surface area contributed by atoms with Crippen molar-refractivity contribution in [2.45, 2.75) is 31.1 Å². The average molecular weight is 617 g/mol. The van der Waals surface area contributed by atoms with E-state index in [2.05, 4.69) is 4.85 Å². The van der Waals surface area contributed by atoms with E-state index in [-0.39, 0.29) is 4.90 Å². The molecule has 218 valence electrons. The number of hydrogen-bond donors (Lipinski definition) is 1. The molecule has 0 aliphatic rings. The zero-order valence-electron chi connectivity index (χ0n) is 24.3. The molecule has 4 aromatic carbocycles. The lowest BCUT2D eigenvalue weighted by Gasteiger charge is -2.20. The number of para-hydroxylation sites is 1. The van der Waals surface area contributed by atoms with Crippen LogP contribution in [0.1, 0.15) is 25.0 Å². The first-order valence-corrected chi connectivity index (χ1v) is 16.2. The topological polar surface area (TPSA) is 80.7 Å². The van der Waals surface area contributed by atoms with Gasteiger partial charge in [0.05, 0.1) is 28.1 Å². The van der Waals surface area contributed by atoms with Crippen molar-refractivity contribution in [2.75, 3.05) is 0 Å². The predicted octanol–water partition coefficient (Wildman–Crippen LogP) is 9.16. The lowest BCUT2D eigenvalue weighted by atomic mass is 9.83. The molecule has 0 radical (unpaired) electrons. The van der Waals surface area contributed by atoms with Crippen LogP contribution in [-0.2, 0) is 20.2 Å². The first-order chi connectivity index (χ1) is 21.0. The molecular weight excluding hydrogens is 589 g/mol. The van der Waals surface area contributed by atoms with Crippen LogP contribution in [0.2, 0.25) is 0 Å². The van der Waals surface area contributed by atoms with Crippen molar-refractivity contribution in [1.29, 1.82) is 0 Å². The van der Waals surface area contributed by atoms with Crippen LogP contribution in [-0.4, -0.2) is 23.5 Å². The fraction of sp³-hybridized carbons (Fsp3) is 0.111. The summed E-state index contributed by atoms with van der Waals surface area (Å²) in [5.74, 6) is -0.926. The molecule has 0 aliphatic carbocycles. The van der Waals surface area contributed by atoms with Gasteiger partial charge in [-0.05, 0) is 67.1 Å². The Labute approximate surface area is 260 Å². The standard InChI is InChI=1S/C36H28N2O4S2/c1-23-15-17-28(18-16-23)44(41,42)38-31-14-6-5-13-29(31)32(30-19-20-43-34(30)37-4)33(38)26-11-7-9-24(21-26)25-10-8-12-27(22-25)36(2,3)35(39)40/h5-22H,1-3H3,(H,39,40). The molecule has 0 unspecified atom stereocenters. The fourth-order valence-electron chi connectivity index (χ4n) is 5.45. The lowest BCUT2D eigenvalue weighted by molar-refractivity contribution is -0.142. The van der Waals surface area contributed by atoms with Crippen molar-refractivity contribution in [3.8, 4) is 33.5 Å². The summed E-state index contributed by atoms with van der Waals surface area (Å²) in [6.07, 6.45) is 0. The van der Waals surface area contributed by atoms with Crippen molar-refractivity contribution in [3.05, 3.63) is 131 Å². The van der Waals surface area contributed by atoms with Crippen LogP contribution in [0.3, 0.4) is 0 Å². The van der Waals surface area contributed by atoms with Gasteiger partial charge in [0.1, 0.15) is 0 Å². The molecule has 2 aromatic heterocycles. The smallest absolute Gasteiger partial charge is 0.313 e. The van der Waals surface area contributed by atoms with Crippen LogP contribution < -0.4 is 0 Å². The fourth-order valence-corrected chi connectivity index (χ4v) is 7.68. The van der Waals surface area contributed by atoms with Gasteiger partial charge in [-0.15, -0.1) is 0 Å². The van der Waals surface area contributed by atoms with Gasteiger partial charge in [-0.25, -0.2) is 17.2 Å². The van der Waals surface area contributed by atoms with Gasteiger partial charge in [0, 0.05) is 22.1 Å². The van der Waals surface area contributed by atoms with Crippen LogP contribution in [0.25, 0.3) is 49.3 Å². The van der Waals surface area contributed by atoms with Gasteiger partial charge in [0.25, 0.3) is 10.0 Å². The van der Waals surface area contributed by atoms with Crippen LogP contribution in [0.4, 0.5) is 5.00 Å². The summed E-state index contributed by atoms with van der Waals surface area (Å²) in [5.41, 5.74) is 5.08. The third kappa shape index (κ3) is 4.80. The van der Waals surface area contributed by atoms with E-state index in [1.807, 2.05) is 79.0 Å². The van der Waals surface area contributed by atoms with Crippen molar-refractivity contribution < 1.29 is 18.3 Å². The molecule has 0 saturated heterocycles. The molecular formula is C36H28N2O4S2. The molecule has 1 N–H and O–H groups in total. The number of aliphatic carboxylic acids is 1. The van der Waals surface area contributed by atoms with Crippen LogP contribution in [0.15, 0.2) is 113 Å². The molecule has 8 heteroatoms. The highest BCUT2D eigenvalue weighted by Gasteiger charge is 2.31. The van der Waals surface area contributed by atoms with Gasteiger partial charge >= 0.3 is 5.97 Å². The van der Waals surface area contributed by atoms with Crippen molar-refractivity contribution in [3.63, 3.8) is 0 Å². The molecule has 6 rings (SSSR count). The number of carboxylic acid groups (broad SMARTS) is 1. The Morgan fingerprint density at radius 2 is 1.52 bits per heavy atom. The summed E-state index contributed by atoms with van der Waals surface area (Å²) in [6.45, 7) is 13.1. The maximum atomic E-state index is 14.5. The first-order valence-electron chi connectivity index (χ1n) is 13.9. The molecule has 0 spiro atoms. The molecule has 0 fully saturated rings. The number of fused-ring (bicyclic) bond motifs is 1. The first kappa shape index (κ1) is 29.1. The molecule has 0 saturated carbocycles. The minimum atomic E-state index is -4.09. The Hall–Kier alpha value is -4.97. The summed E-state index contributed by atoms with van der Waals surface area (Å²) < 4.78 is 30.4. The monoisotopic (exact) mass is 616 g/mol. The molecule has 0 amide bonds. The van der Waals surface area contributed by atoms with E-state index in [1.54, 1.807) is 50.2 Å².